The maximum Gasteiger partial charge on any atom is 0.152 e. The van der Waals surface area contributed by atoms with Crippen molar-refractivity contribution in [3.63, 3.8) is 0 Å². The van der Waals surface area contributed by atoms with Crippen molar-refractivity contribution in [3.05, 3.63) is 47.8 Å². The Hall–Kier alpha value is -2.15. The average molecular weight is 346 g/mol. The molecular formula is C17H22N4O2S. The highest BCUT2D eigenvalue weighted by Gasteiger charge is 2.28. The van der Waals surface area contributed by atoms with Gasteiger partial charge in [0.15, 0.2) is 9.84 Å². The van der Waals surface area contributed by atoms with E-state index in [0.29, 0.717) is 18.1 Å². The number of rotatable bonds is 5. The molecule has 0 radical (unpaired) electrons. The summed E-state index contributed by atoms with van der Waals surface area (Å²) in [5, 5.41) is 6.59. The first-order valence-electron chi connectivity index (χ1n) is 8.05. The molecule has 2 aromatic rings. The summed E-state index contributed by atoms with van der Waals surface area (Å²) in [6, 6.07) is 12.0. The zero-order chi connectivity index (χ0) is 17.2. The molecule has 7 heteroatoms. The minimum Gasteiger partial charge on any atom is -0.366 e. The van der Waals surface area contributed by atoms with E-state index in [9.17, 15) is 8.42 Å². The Morgan fingerprint density at radius 1 is 1.17 bits per heavy atom. The first-order valence-corrected chi connectivity index (χ1v) is 9.87. The molecule has 2 unspecified atom stereocenters. The average Bonchev–Trinajstić information content (AvgIpc) is 2.86. The molecule has 24 heavy (non-hydrogen) atoms. The van der Waals surface area contributed by atoms with E-state index in [1.165, 1.54) is 5.56 Å². The second-order valence-corrected chi connectivity index (χ2v) is 8.44. The quantitative estimate of drug-likeness (QED) is 0.866. The van der Waals surface area contributed by atoms with Crippen molar-refractivity contribution in [1.82, 2.24) is 9.97 Å². The van der Waals surface area contributed by atoms with E-state index in [4.69, 9.17) is 0 Å². The van der Waals surface area contributed by atoms with Gasteiger partial charge in [0, 0.05) is 18.2 Å². The van der Waals surface area contributed by atoms with E-state index in [1.807, 2.05) is 31.2 Å². The molecule has 0 aliphatic carbocycles. The maximum atomic E-state index is 11.6. The number of nitrogens with one attached hydrogen (secondary N) is 2. The zero-order valence-electron chi connectivity index (χ0n) is 13.9. The summed E-state index contributed by atoms with van der Waals surface area (Å²) in [7, 11) is -2.91. The number of hydrogen-bond acceptors (Lipinski definition) is 6. The van der Waals surface area contributed by atoms with Crippen LogP contribution in [0.2, 0.25) is 0 Å². The van der Waals surface area contributed by atoms with Crippen LogP contribution >= 0.6 is 0 Å². The molecule has 2 heterocycles. The first-order chi connectivity index (χ1) is 11.4. The fourth-order valence-corrected chi connectivity index (χ4v) is 4.55. The second kappa shape index (κ2) is 6.76. The smallest absolute Gasteiger partial charge is 0.152 e. The number of benzene rings is 1. The van der Waals surface area contributed by atoms with Crippen LogP contribution in [0.3, 0.4) is 0 Å². The zero-order valence-corrected chi connectivity index (χ0v) is 14.7. The van der Waals surface area contributed by atoms with Crippen molar-refractivity contribution in [2.45, 2.75) is 32.4 Å². The molecule has 1 fully saturated rings. The van der Waals surface area contributed by atoms with Crippen LogP contribution in [-0.2, 0) is 9.84 Å². The Morgan fingerprint density at radius 3 is 2.54 bits per heavy atom. The van der Waals surface area contributed by atoms with Crippen molar-refractivity contribution in [2.24, 2.45) is 0 Å². The van der Waals surface area contributed by atoms with Gasteiger partial charge in [-0.05, 0) is 25.8 Å². The fraction of sp³-hybridized carbons (Fsp3) is 0.412. The van der Waals surface area contributed by atoms with Gasteiger partial charge in [-0.2, -0.15) is 0 Å². The third-order valence-electron chi connectivity index (χ3n) is 4.09. The standard InChI is InChI=1S/C17H22N4O2S/c1-12(14-6-4-3-5-7-14)18-16-10-17(20-13(2)19-16)21-15-8-9-24(22,23)11-15/h3-7,10,12,15H,8-9,11H2,1-2H3,(H2,18,19,20,21). The van der Waals surface area contributed by atoms with Gasteiger partial charge >= 0.3 is 0 Å². The monoisotopic (exact) mass is 346 g/mol. The highest BCUT2D eigenvalue weighted by molar-refractivity contribution is 7.91. The summed E-state index contributed by atoms with van der Waals surface area (Å²) >= 11 is 0. The first kappa shape index (κ1) is 16.7. The Labute approximate surface area is 142 Å². The third kappa shape index (κ3) is 4.23. The molecule has 2 N–H and O–H groups in total. The molecule has 2 atom stereocenters. The van der Waals surface area contributed by atoms with Crippen molar-refractivity contribution < 1.29 is 8.42 Å². The van der Waals surface area contributed by atoms with Crippen molar-refractivity contribution in [1.29, 1.82) is 0 Å². The molecule has 0 amide bonds. The Bertz CT molecular complexity index is 809. The molecule has 1 aromatic carbocycles. The van der Waals surface area contributed by atoms with Crippen LogP contribution in [0.25, 0.3) is 0 Å². The van der Waals surface area contributed by atoms with Crippen LogP contribution in [0.1, 0.15) is 30.8 Å². The van der Waals surface area contributed by atoms with E-state index < -0.39 is 9.84 Å². The summed E-state index contributed by atoms with van der Waals surface area (Å²) in [5.74, 6) is 2.43. The summed E-state index contributed by atoms with van der Waals surface area (Å²) < 4.78 is 23.2. The Kier molecular flexibility index (Phi) is 4.71. The van der Waals surface area contributed by atoms with Crippen LogP contribution in [0.5, 0.6) is 0 Å². The van der Waals surface area contributed by atoms with Gasteiger partial charge in [-0.25, -0.2) is 18.4 Å². The number of nitrogens with zero attached hydrogens (tertiary/aromatic N) is 2. The van der Waals surface area contributed by atoms with Gasteiger partial charge in [0.2, 0.25) is 0 Å². The number of aryl methyl sites for hydroxylation is 1. The van der Waals surface area contributed by atoms with Crippen LogP contribution in [0.4, 0.5) is 11.6 Å². The lowest BCUT2D eigenvalue weighted by Crippen LogP contribution is -2.21. The van der Waals surface area contributed by atoms with Crippen molar-refractivity contribution in [3.8, 4) is 0 Å². The van der Waals surface area contributed by atoms with E-state index in [0.717, 1.165) is 5.82 Å². The molecule has 1 aromatic heterocycles. The molecule has 1 aliphatic rings. The van der Waals surface area contributed by atoms with Crippen LogP contribution in [0.15, 0.2) is 36.4 Å². The van der Waals surface area contributed by atoms with E-state index >= 15 is 0 Å². The normalized spacial score (nSPS) is 20.5. The number of aromatic nitrogens is 2. The van der Waals surface area contributed by atoms with E-state index in [2.05, 4.69) is 39.7 Å². The molecular weight excluding hydrogens is 324 g/mol. The van der Waals surface area contributed by atoms with Crippen LogP contribution in [-0.4, -0.2) is 35.9 Å². The lowest BCUT2D eigenvalue weighted by molar-refractivity contribution is 0.602. The van der Waals surface area contributed by atoms with Gasteiger partial charge < -0.3 is 10.6 Å². The Balaban J connectivity index is 1.72. The molecule has 3 rings (SSSR count). The minimum atomic E-state index is -2.91. The molecule has 6 nitrogen and oxygen atoms in total. The van der Waals surface area contributed by atoms with Crippen molar-refractivity contribution >= 4 is 21.5 Å². The highest BCUT2D eigenvalue weighted by atomic mass is 32.2. The van der Waals surface area contributed by atoms with Gasteiger partial charge in [-0.3, -0.25) is 0 Å². The Morgan fingerprint density at radius 2 is 1.88 bits per heavy atom. The third-order valence-corrected chi connectivity index (χ3v) is 5.85. The molecule has 0 bridgehead atoms. The largest absolute Gasteiger partial charge is 0.366 e. The number of hydrogen-bond donors (Lipinski definition) is 2. The summed E-state index contributed by atoms with van der Waals surface area (Å²) in [5.41, 5.74) is 1.17. The van der Waals surface area contributed by atoms with Gasteiger partial charge in [-0.1, -0.05) is 30.3 Å². The van der Waals surface area contributed by atoms with E-state index in [-0.39, 0.29) is 23.6 Å². The topological polar surface area (TPSA) is 84.0 Å². The molecule has 128 valence electrons. The second-order valence-electron chi connectivity index (χ2n) is 6.21. The molecule has 0 spiro atoms. The lowest BCUT2D eigenvalue weighted by Gasteiger charge is -2.17. The SMILES string of the molecule is Cc1nc(NC2CCS(=O)(=O)C2)cc(NC(C)c2ccccc2)n1. The predicted molar refractivity (Wildman–Crippen MR) is 95.9 cm³/mol. The van der Waals surface area contributed by atoms with Crippen LogP contribution < -0.4 is 10.6 Å². The van der Waals surface area contributed by atoms with Gasteiger partial charge in [-0.15, -0.1) is 0 Å². The van der Waals surface area contributed by atoms with Gasteiger partial charge in [0.25, 0.3) is 0 Å². The molecule has 0 saturated carbocycles. The van der Waals surface area contributed by atoms with E-state index in [1.54, 1.807) is 0 Å². The summed E-state index contributed by atoms with van der Waals surface area (Å²) in [4.78, 5) is 8.79. The fourth-order valence-electron chi connectivity index (χ4n) is 2.88. The number of sulfone groups is 1. The minimum absolute atomic E-state index is 0.0799. The van der Waals surface area contributed by atoms with Crippen LogP contribution in [0, 0.1) is 6.92 Å². The lowest BCUT2D eigenvalue weighted by atomic mass is 10.1. The summed E-state index contributed by atoms with van der Waals surface area (Å²) in [6.45, 7) is 3.90. The molecule has 1 saturated heterocycles. The van der Waals surface area contributed by atoms with Crippen molar-refractivity contribution in [2.75, 3.05) is 22.1 Å². The number of anilines is 2. The predicted octanol–water partition coefficient (Wildman–Crippen LogP) is 2.56. The highest BCUT2D eigenvalue weighted by Crippen LogP contribution is 2.21. The maximum absolute atomic E-state index is 11.6. The van der Waals surface area contributed by atoms with Gasteiger partial charge in [0.05, 0.1) is 11.5 Å². The van der Waals surface area contributed by atoms with Gasteiger partial charge in [0.1, 0.15) is 17.5 Å². The summed E-state index contributed by atoms with van der Waals surface area (Å²) in [6.07, 6.45) is 0.620. The molecule has 1 aliphatic heterocycles.